The number of rotatable bonds is 7. The van der Waals surface area contributed by atoms with E-state index in [1.807, 2.05) is 13.0 Å². The van der Waals surface area contributed by atoms with Crippen LogP contribution in [0.25, 0.3) is 0 Å². The molecule has 0 aromatic carbocycles. The zero-order chi connectivity index (χ0) is 11.8. The molecule has 16 heavy (non-hydrogen) atoms. The number of aromatic nitrogens is 2. The van der Waals surface area contributed by atoms with Crippen molar-refractivity contribution in [3.63, 3.8) is 0 Å². The Labute approximate surface area is 98.1 Å². The number of nitrogens with one attached hydrogen (secondary N) is 1. The van der Waals surface area contributed by atoms with Crippen LogP contribution in [0.4, 0.5) is 5.82 Å². The van der Waals surface area contributed by atoms with E-state index < -0.39 is 0 Å². The SMILES string of the molecule is CCN(CC)CCCNc1ccnc(C)n1. The average Bonchev–Trinajstić information content (AvgIpc) is 2.29. The Hall–Kier alpha value is -1.16. The number of aryl methyl sites for hydroxylation is 1. The van der Waals surface area contributed by atoms with Gasteiger partial charge in [-0.1, -0.05) is 13.8 Å². The van der Waals surface area contributed by atoms with E-state index in [1.54, 1.807) is 6.20 Å². The molecule has 0 aliphatic heterocycles. The van der Waals surface area contributed by atoms with Gasteiger partial charge in [0.2, 0.25) is 0 Å². The molecule has 1 aromatic rings. The summed E-state index contributed by atoms with van der Waals surface area (Å²) in [5.74, 6) is 1.74. The van der Waals surface area contributed by atoms with Gasteiger partial charge in [0.05, 0.1) is 0 Å². The standard InChI is InChI=1S/C12H22N4/c1-4-16(5-2)10-6-8-14-12-7-9-13-11(3)15-12/h7,9H,4-6,8,10H2,1-3H3,(H,13,14,15). The quantitative estimate of drug-likeness (QED) is 0.716. The van der Waals surface area contributed by atoms with Gasteiger partial charge in [0.1, 0.15) is 11.6 Å². The molecule has 0 radical (unpaired) electrons. The Morgan fingerprint density at radius 3 is 2.69 bits per heavy atom. The van der Waals surface area contributed by atoms with Crippen molar-refractivity contribution in [1.29, 1.82) is 0 Å². The molecule has 0 bridgehead atoms. The summed E-state index contributed by atoms with van der Waals surface area (Å²) in [7, 11) is 0. The highest BCUT2D eigenvalue weighted by Crippen LogP contribution is 2.01. The molecule has 0 saturated heterocycles. The van der Waals surface area contributed by atoms with E-state index in [1.165, 1.54) is 0 Å². The lowest BCUT2D eigenvalue weighted by Gasteiger charge is -2.17. The van der Waals surface area contributed by atoms with Crippen molar-refractivity contribution in [2.75, 3.05) is 31.5 Å². The normalized spacial score (nSPS) is 10.8. The molecule has 0 aliphatic rings. The topological polar surface area (TPSA) is 41.0 Å². The summed E-state index contributed by atoms with van der Waals surface area (Å²) in [5, 5.41) is 3.31. The number of anilines is 1. The molecule has 4 heteroatoms. The molecule has 4 nitrogen and oxygen atoms in total. The van der Waals surface area contributed by atoms with Crippen LogP contribution in [0.5, 0.6) is 0 Å². The first-order valence-electron chi connectivity index (χ1n) is 6.02. The summed E-state index contributed by atoms with van der Waals surface area (Å²) in [4.78, 5) is 10.8. The second-order valence-corrected chi connectivity index (χ2v) is 3.80. The van der Waals surface area contributed by atoms with E-state index in [4.69, 9.17) is 0 Å². The Morgan fingerprint density at radius 2 is 2.06 bits per heavy atom. The maximum Gasteiger partial charge on any atom is 0.129 e. The predicted molar refractivity (Wildman–Crippen MR) is 67.7 cm³/mol. The van der Waals surface area contributed by atoms with Crippen LogP contribution in [0.3, 0.4) is 0 Å². The van der Waals surface area contributed by atoms with E-state index in [0.29, 0.717) is 0 Å². The second kappa shape index (κ2) is 7.17. The van der Waals surface area contributed by atoms with Crippen molar-refractivity contribution in [3.05, 3.63) is 18.1 Å². The summed E-state index contributed by atoms with van der Waals surface area (Å²) in [6, 6.07) is 1.91. The third kappa shape index (κ3) is 4.57. The highest BCUT2D eigenvalue weighted by molar-refractivity contribution is 5.32. The Balaban J connectivity index is 2.20. The molecule has 0 saturated carbocycles. The van der Waals surface area contributed by atoms with Gasteiger partial charge < -0.3 is 10.2 Å². The van der Waals surface area contributed by atoms with Gasteiger partial charge in [0.25, 0.3) is 0 Å². The largest absolute Gasteiger partial charge is 0.370 e. The fourth-order valence-electron chi connectivity index (χ4n) is 1.61. The van der Waals surface area contributed by atoms with Crippen LogP contribution >= 0.6 is 0 Å². The first-order chi connectivity index (χ1) is 7.76. The van der Waals surface area contributed by atoms with E-state index in [-0.39, 0.29) is 0 Å². The third-order valence-electron chi connectivity index (χ3n) is 2.63. The molecule has 0 spiro atoms. The fourth-order valence-corrected chi connectivity index (χ4v) is 1.61. The molecule has 0 fully saturated rings. The van der Waals surface area contributed by atoms with Crippen molar-refractivity contribution >= 4 is 5.82 Å². The molecule has 0 atom stereocenters. The van der Waals surface area contributed by atoms with Crippen molar-refractivity contribution in [3.8, 4) is 0 Å². The molecular formula is C12H22N4. The molecule has 1 aromatic heterocycles. The zero-order valence-corrected chi connectivity index (χ0v) is 10.5. The van der Waals surface area contributed by atoms with Crippen LogP contribution in [-0.4, -0.2) is 41.0 Å². The van der Waals surface area contributed by atoms with Crippen molar-refractivity contribution in [1.82, 2.24) is 14.9 Å². The lowest BCUT2D eigenvalue weighted by atomic mass is 10.3. The van der Waals surface area contributed by atoms with Crippen LogP contribution in [-0.2, 0) is 0 Å². The molecule has 0 unspecified atom stereocenters. The van der Waals surface area contributed by atoms with Gasteiger partial charge in [-0.05, 0) is 39.0 Å². The lowest BCUT2D eigenvalue weighted by molar-refractivity contribution is 0.303. The lowest BCUT2D eigenvalue weighted by Crippen LogP contribution is -2.25. The predicted octanol–water partition coefficient (Wildman–Crippen LogP) is 1.93. The van der Waals surface area contributed by atoms with Crippen LogP contribution in [0.2, 0.25) is 0 Å². The van der Waals surface area contributed by atoms with Gasteiger partial charge >= 0.3 is 0 Å². The van der Waals surface area contributed by atoms with Gasteiger partial charge in [-0.25, -0.2) is 9.97 Å². The second-order valence-electron chi connectivity index (χ2n) is 3.80. The van der Waals surface area contributed by atoms with E-state index >= 15 is 0 Å². The van der Waals surface area contributed by atoms with Crippen molar-refractivity contribution in [2.45, 2.75) is 27.2 Å². The molecule has 1 rings (SSSR count). The number of hydrogen-bond acceptors (Lipinski definition) is 4. The van der Waals surface area contributed by atoms with E-state index in [0.717, 1.165) is 44.2 Å². The minimum Gasteiger partial charge on any atom is -0.370 e. The van der Waals surface area contributed by atoms with Crippen LogP contribution in [0.15, 0.2) is 12.3 Å². The molecule has 1 N–H and O–H groups in total. The van der Waals surface area contributed by atoms with E-state index in [2.05, 4.69) is 34.0 Å². The highest BCUT2D eigenvalue weighted by Gasteiger charge is 1.98. The number of nitrogens with zero attached hydrogens (tertiary/aromatic N) is 3. The molecule has 90 valence electrons. The van der Waals surface area contributed by atoms with Crippen LogP contribution < -0.4 is 5.32 Å². The first-order valence-corrected chi connectivity index (χ1v) is 6.02. The molecule has 0 amide bonds. The van der Waals surface area contributed by atoms with Gasteiger partial charge in [0.15, 0.2) is 0 Å². The number of hydrogen-bond donors (Lipinski definition) is 1. The Morgan fingerprint density at radius 1 is 1.31 bits per heavy atom. The smallest absolute Gasteiger partial charge is 0.129 e. The zero-order valence-electron chi connectivity index (χ0n) is 10.5. The fraction of sp³-hybridized carbons (Fsp3) is 0.667. The van der Waals surface area contributed by atoms with Crippen LogP contribution in [0.1, 0.15) is 26.1 Å². The van der Waals surface area contributed by atoms with Gasteiger partial charge in [-0.3, -0.25) is 0 Å². The van der Waals surface area contributed by atoms with Crippen LogP contribution in [0, 0.1) is 6.92 Å². The van der Waals surface area contributed by atoms with Crippen molar-refractivity contribution in [2.24, 2.45) is 0 Å². The average molecular weight is 222 g/mol. The monoisotopic (exact) mass is 222 g/mol. The van der Waals surface area contributed by atoms with Gasteiger partial charge in [0, 0.05) is 12.7 Å². The van der Waals surface area contributed by atoms with Gasteiger partial charge in [-0.15, -0.1) is 0 Å². The summed E-state index contributed by atoms with van der Waals surface area (Å²) in [6.45, 7) is 10.7. The first kappa shape index (κ1) is 12.9. The van der Waals surface area contributed by atoms with Gasteiger partial charge in [-0.2, -0.15) is 0 Å². The highest BCUT2D eigenvalue weighted by atomic mass is 15.1. The molecular weight excluding hydrogens is 200 g/mol. The summed E-state index contributed by atoms with van der Waals surface area (Å²) >= 11 is 0. The molecule has 0 aliphatic carbocycles. The minimum atomic E-state index is 0.814. The van der Waals surface area contributed by atoms with Crippen molar-refractivity contribution < 1.29 is 0 Å². The summed E-state index contributed by atoms with van der Waals surface area (Å²) in [5.41, 5.74) is 0. The summed E-state index contributed by atoms with van der Waals surface area (Å²) < 4.78 is 0. The third-order valence-corrected chi connectivity index (χ3v) is 2.63. The summed E-state index contributed by atoms with van der Waals surface area (Å²) in [6.07, 6.45) is 2.93. The maximum absolute atomic E-state index is 4.29. The minimum absolute atomic E-state index is 0.814. The molecule has 1 heterocycles. The Kier molecular flexibility index (Phi) is 5.78. The Bertz CT molecular complexity index is 297. The maximum atomic E-state index is 4.29. The van der Waals surface area contributed by atoms with E-state index in [9.17, 15) is 0 Å².